The third-order valence-electron chi connectivity index (χ3n) is 5.76. The van der Waals surface area contributed by atoms with Crippen molar-refractivity contribution in [2.45, 2.75) is 65.1 Å². The number of benzene rings is 4. The van der Waals surface area contributed by atoms with Gasteiger partial charge in [-0.3, -0.25) is 0 Å². The van der Waals surface area contributed by atoms with Crippen molar-refractivity contribution >= 4 is 42.1 Å². The molecule has 14 heteroatoms. The fourth-order valence-corrected chi connectivity index (χ4v) is 6.97. The van der Waals surface area contributed by atoms with Crippen LogP contribution in [-0.4, -0.2) is 36.1 Å². The number of hydrogen-bond donors (Lipinski definition) is 0. The zero-order valence-corrected chi connectivity index (χ0v) is 28.3. The van der Waals surface area contributed by atoms with Gasteiger partial charge in [0.2, 0.25) is 9.84 Å². The number of rotatable bonds is 12. The minimum atomic E-state index is -4.54. The Labute approximate surface area is 268 Å². The molecule has 0 heterocycles. The van der Waals surface area contributed by atoms with Crippen LogP contribution in [0.4, 0.5) is 0 Å². The van der Waals surface area contributed by atoms with Crippen molar-refractivity contribution in [3.8, 4) is 23.0 Å². The van der Waals surface area contributed by atoms with Gasteiger partial charge in [-0.05, 0) is 132 Å². The molecule has 0 atom stereocenters. The third-order valence-corrected chi connectivity index (χ3v) is 10.9. The highest BCUT2D eigenvalue weighted by molar-refractivity contribution is 7.99. The molecule has 4 aromatic carbocycles. The van der Waals surface area contributed by atoms with Crippen molar-refractivity contribution in [3.63, 3.8) is 0 Å². The molecule has 4 rings (SSSR count). The van der Waals surface area contributed by atoms with Gasteiger partial charge >= 0.3 is 20.5 Å². The first-order valence-corrected chi connectivity index (χ1v) is 18.6. The Kier molecular flexibility index (Phi) is 10.1. The molecule has 0 aliphatic carbocycles. The molecule has 0 N–H and O–H groups in total. The second kappa shape index (κ2) is 13.3. The third kappa shape index (κ3) is 9.63. The Hall–Kier alpha value is -3.72. The highest BCUT2D eigenvalue weighted by atomic mass is 32.3. The summed E-state index contributed by atoms with van der Waals surface area (Å²) in [6, 6.07) is 23.6. The van der Waals surface area contributed by atoms with Gasteiger partial charge in [0.05, 0.1) is 15.0 Å². The Bertz CT molecular complexity index is 1930. The quantitative estimate of drug-likeness (QED) is 0.147. The van der Waals surface area contributed by atoms with Crippen LogP contribution in [0.3, 0.4) is 0 Å². The van der Waals surface area contributed by atoms with Crippen LogP contribution in [-0.2, 0) is 30.4 Å². The van der Waals surface area contributed by atoms with E-state index in [1.165, 1.54) is 74.1 Å². The molecule has 0 aliphatic rings. The van der Waals surface area contributed by atoms with Gasteiger partial charge in [-0.2, -0.15) is 8.42 Å². The van der Waals surface area contributed by atoms with Gasteiger partial charge in [0.1, 0.15) is 28.6 Å². The van der Waals surface area contributed by atoms with Gasteiger partial charge < -0.3 is 17.3 Å². The minimum absolute atomic E-state index is 0.0000694. The van der Waals surface area contributed by atoms with Crippen molar-refractivity contribution in [1.82, 2.24) is 0 Å². The van der Waals surface area contributed by atoms with E-state index in [-0.39, 0.29) is 27.0 Å². The van der Waals surface area contributed by atoms with Crippen LogP contribution in [0.25, 0.3) is 0 Å². The van der Waals surface area contributed by atoms with Crippen LogP contribution in [0, 0.1) is 0 Å². The van der Waals surface area contributed by atoms with Crippen molar-refractivity contribution in [2.24, 2.45) is 0 Å². The molecule has 4 aromatic rings. The zero-order chi connectivity index (χ0) is 33.0. The fraction of sp³-hybridized carbons (Fsp3) is 0.226. The second-order valence-electron chi connectivity index (χ2n) is 10.9. The standard InChI is InChI=1S/C31H32O10S4/c1-22(2)44(34,35)39-24-6-14-27(15-7-24)42-28-16-8-25(9-17-28)40-45(36,37)41-26-12-20-30(21-13-26)43(32,33)29-18-10-23(11-19-29)38-31(3,4)5/h6-22H,1-5H3. The Morgan fingerprint density at radius 3 is 1.27 bits per heavy atom. The number of hydrogen-bond acceptors (Lipinski definition) is 11. The van der Waals surface area contributed by atoms with Crippen molar-refractivity contribution in [2.75, 3.05) is 0 Å². The van der Waals surface area contributed by atoms with E-state index in [1.807, 2.05) is 20.8 Å². The average molecular weight is 693 g/mol. The predicted molar refractivity (Wildman–Crippen MR) is 171 cm³/mol. The number of ether oxygens (including phenoxy) is 1. The SMILES string of the molecule is CC(C)S(=O)(=O)Oc1ccc(Sc2ccc(OS(=O)(=O)Oc3ccc(S(=O)(=O)c4ccc(OC(C)(C)C)cc4)cc3)cc2)cc1. The smallest absolute Gasteiger partial charge is 0.488 e. The maximum atomic E-state index is 13.0. The Balaban J connectivity index is 1.35. The van der Waals surface area contributed by atoms with Gasteiger partial charge in [0.15, 0.2) is 0 Å². The topological polar surface area (TPSA) is 139 Å². The van der Waals surface area contributed by atoms with Gasteiger partial charge in [-0.25, -0.2) is 8.42 Å². The van der Waals surface area contributed by atoms with E-state index in [0.29, 0.717) is 5.75 Å². The molecule has 0 saturated heterocycles. The largest absolute Gasteiger partial charge is 0.500 e. The highest BCUT2D eigenvalue weighted by Crippen LogP contribution is 2.31. The summed E-state index contributed by atoms with van der Waals surface area (Å²) >= 11 is 1.36. The molecule has 0 aliphatic heterocycles. The first kappa shape index (κ1) is 34.2. The first-order valence-electron chi connectivity index (χ1n) is 13.5. The summed E-state index contributed by atoms with van der Waals surface area (Å²) in [7, 11) is -12.1. The van der Waals surface area contributed by atoms with Gasteiger partial charge in [-0.1, -0.05) is 11.8 Å². The van der Waals surface area contributed by atoms with E-state index in [2.05, 4.69) is 0 Å². The average Bonchev–Trinajstić information content (AvgIpc) is 2.94. The molecule has 10 nitrogen and oxygen atoms in total. The summed E-state index contributed by atoms with van der Waals surface area (Å²) < 4.78 is 95.8. The lowest BCUT2D eigenvalue weighted by atomic mass is 10.2. The molecule has 240 valence electrons. The summed E-state index contributed by atoms with van der Waals surface area (Å²) in [5, 5.41) is -0.671. The summed E-state index contributed by atoms with van der Waals surface area (Å²) in [5.74, 6) is 0.599. The van der Waals surface area contributed by atoms with Crippen LogP contribution < -0.4 is 17.3 Å². The summed E-state index contributed by atoms with van der Waals surface area (Å²) in [6.45, 7) is 8.71. The van der Waals surface area contributed by atoms with Crippen molar-refractivity contribution in [3.05, 3.63) is 97.1 Å². The van der Waals surface area contributed by atoms with Gasteiger partial charge in [0, 0.05) is 9.79 Å². The molecular weight excluding hydrogens is 661 g/mol. The summed E-state index contributed by atoms with van der Waals surface area (Å²) in [4.78, 5) is 1.56. The normalized spacial score (nSPS) is 12.5. The zero-order valence-electron chi connectivity index (χ0n) is 25.0. The molecule has 0 amide bonds. The first-order chi connectivity index (χ1) is 20.9. The van der Waals surface area contributed by atoms with E-state index in [1.54, 1.807) is 48.5 Å². The summed E-state index contributed by atoms with van der Waals surface area (Å²) in [6.07, 6.45) is 0. The summed E-state index contributed by atoms with van der Waals surface area (Å²) in [5.41, 5.74) is -0.433. The molecule has 0 spiro atoms. The Morgan fingerprint density at radius 2 is 0.889 bits per heavy atom. The highest BCUT2D eigenvalue weighted by Gasteiger charge is 2.21. The second-order valence-corrected chi connectivity index (χ2v) is 17.2. The molecule has 0 radical (unpaired) electrons. The van der Waals surface area contributed by atoms with Crippen LogP contribution in [0.5, 0.6) is 23.0 Å². The van der Waals surface area contributed by atoms with E-state index in [9.17, 15) is 25.3 Å². The van der Waals surface area contributed by atoms with Crippen molar-refractivity contribution < 1.29 is 42.5 Å². The predicted octanol–water partition coefficient (Wildman–Crippen LogP) is 6.67. The lowest BCUT2D eigenvalue weighted by Gasteiger charge is -2.21. The van der Waals surface area contributed by atoms with E-state index in [4.69, 9.17) is 17.3 Å². The van der Waals surface area contributed by atoms with E-state index in [0.717, 1.165) is 9.79 Å². The molecular formula is C31H32O10S4. The van der Waals surface area contributed by atoms with E-state index < -0.39 is 41.2 Å². The lowest BCUT2D eigenvalue weighted by Crippen LogP contribution is -2.22. The molecule has 0 aromatic heterocycles. The maximum absolute atomic E-state index is 13.0. The number of sulfone groups is 1. The fourth-order valence-electron chi connectivity index (χ4n) is 3.60. The Morgan fingerprint density at radius 1 is 0.533 bits per heavy atom. The molecule has 45 heavy (non-hydrogen) atoms. The monoisotopic (exact) mass is 692 g/mol. The molecule has 0 unspecified atom stereocenters. The molecule has 0 saturated carbocycles. The maximum Gasteiger partial charge on any atom is 0.500 e. The van der Waals surface area contributed by atoms with Crippen LogP contribution in [0.2, 0.25) is 0 Å². The van der Waals surface area contributed by atoms with Crippen LogP contribution in [0.1, 0.15) is 34.6 Å². The van der Waals surface area contributed by atoms with Gasteiger partial charge in [-0.15, -0.1) is 8.42 Å². The van der Waals surface area contributed by atoms with Gasteiger partial charge in [0.25, 0.3) is 0 Å². The lowest BCUT2D eigenvalue weighted by molar-refractivity contribution is 0.131. The van der Waals surface area contributed by atoms with Crippen LogP contribution >= 0.6 is 11.8 Å². The molecule has 0 fully saturated rings. The minimum Gasteiger partial charge on any atom is -0.488 e. The van der Waals surface area contributed by atoms with E-state index >= 15 is 0 Å². The van der Waals surface area contributed by atoms with Crippen molar-refractivity contribution in [1.29, 1.82) is 0 Å². The van der Waals surface area contributed by atoms with Crippen LogP contribution in [0.15, 0.2) is 117 Å². The molecule has 0 bridgehead atoms.